The van der Waals surface area contributed by atoms with E-state index in [2.05, 4.69) is 16.5 Å². The molecule has 7 nitrogen and oxygen atoms in total. The second kappa shape index (κ2) is 9.34. The molecule has 32 heavy (non-hydrogen) atoms. The Morgan fingerprint density at radius 3 is 2.69 bits per heavy atom. The zero-order chi connectivity index (χ0) is 22.7. The molecule has 0 saturated carbocycles. The third-order valence-electron chi connectivity index (χ3n) is 5.93. The molecular formula is C25H30N4O3. The van der Waals surface area contributed by atoms with Gasteiger partial charge in [0, 0.05) is 29.6 Å². The van der Waals surface area contributed by atoms with Crippen molar-refractivity contribution < 1.29 is 14.3 Å². The molecule has 1 aliphatic heterocycles. The SMILES string of the molecule is COc1ccc(C2CCCN2C(=O)Nc2cccc(Cn3nc(C)cc3C)c2)c(OC)c1. The number of nitrogens with one attached hydrogen (secondary N) is 1. The third-order valence-corrected chi connectivity index (χ3v) is 5.93. The maximum Gasteiger partial charge on any atom is 0.322 e. The van der Waals surface area contributed by atoms with Crippen LogP contribution in [0, 0.1) is 13.8 Å². The van der Waals surface area contributed by atoms with E-state index in [-0.39, 0.29) is 12.1 Å². The van der Waals surface area contributed by atoms with Crippen LogP contribution in [-0.2, 0) is 6.54 Å². The molecule has 1 fully saturated rings. The molecule has 1 aliphatic rings. The van der Waals surface area contributed by atoms with E-state index in [9.17, 15) is 4.79 Å². The Morgan fingerprint density at radius 2 is 1.97 bits per heavy atom. The fraction of sp³-hybridized carbons (Fsp3) is 0.360. The van der Waals surface area contributed by atoms with Crippen LogP contribution >= 0.6 is 0 Å². The van der Waals surface area contributed by atoms with Crippen LogP contribution in [0.3, 0.4) is 0 Å². The van der Waals surface area contributed by atoms with Crippen LogP contribution in [0.2, 0.25) is 0 Å². The molecule has 168 valence electrons. The summed E-state index contributed by atoms with van der Waals surface area (Å²) in [7, 11) is 3.28. The number of ether oxygens (including phenoxy) is 2. The topological polar surface area (TPSA) is 68.6 Å². The van der Waals surface area contributed by atoms with E-state index in [1.807, 2.05) is 65.9 Å². The fourth-order valence-electron chi connectivity index (χ4n) is 4.38. The van der Waals surface area contributed by atoms with Crippen molar-refractivity contribution in [3.8, 4) is 11.5 Å². The minimum Gasteiger partial charge on any atom is -0.497 e. The highest BCUT2D eigenvalue weighted by molar-refractivity contribution is 5.90. The predicted octanol–water partition coefficient (Wildman–Crippen LogP) is 4.93. The standard InChI is InChI=1S/C25H30N4O3/c1-17-13-18(2)29(27-17)16-19-7-5-8-20(14-19)26-25(30)28-12-6-9-23(28)22-11-10-21(31-3)15-24(22)32-4/h5,7-8,10-11,13-15,23H,6,9,12,16H2,1-4H3,(H,26,30). The molecule has 7 heteroatoms. The first-order chi connectivity index (χ1) is 15.5. The fourth-order valence-corrected chi connectivity index (χ4v) is 4.38. The summed E-state index contributed by atoms with van der Waals surface area (Å²) in [6, 6.07) is 15.6. The first-order valence-corrected chi connectivity index (χ1v) is 10.9. The van der Waals surface area contributed by atoms with Gasteiger partial charge in [-0.2, -0.15) is 5.10 Å². The van der Waals surface area contributed by atoms with Gasteiger partial charge in [0.05, 0.1) is 32.5 Å². The van der Waals surface area contributed by atoms with E-state index in [4.69, 9.17) is 9.47 Å². The summed E-state index contributed by atoms with van der Waals surface area (Å²) in [5.41, 5.74) is 4.98. The van der Waals surface area contributed by atoms with Crippen molar-refractivity contribution in [3.05, 3.63) is 71.0 Å². The zero-order valence-electron chi connectivity index (χ0n) is 19.1. The molecule has 0 bridgehead atoms. The van der Waals surface area contributed by atoms with Gasteiger partial charge in [0.2, 0.25) is 0 Å². The van der Waals surface area contributed by atoms with E-state index >= 15 is 0 Å². The highest BCUT2D eigenvalue weighted by atomic mass is 16.5. The molecule has 3 aromatic rings. The van der Waals surface area contributed by atoms with Gasteiger partial charge in [0.25, 0.3) is 0 Å². The Bertz CT molecular complexity index is 1110. The number of hydrogen-bond donors (Lipinski definition) is 1. The molecule has 2 heterocycles. The molecule has 2 amide bonds. The van der Waals surface area contributed by atoms with Crippen LogP contribution < -0.4 is 14.8 Å². The van der Waals surface area contributed by atoms with Crippen molar-refractivity contribution in [2.24, 2.45) is 0 Å². The minimum atomic E-state index is -0.103. The van der Waals surface area contributed by atoms with Crippen LogP contribution in [-0.4, -0.2) is 41.5 Å². The normalized spacial score (nSPS) is 15.6. The van der Waals surface area contributed by atoms with E-state index in [1.165, 1.54) is 0 Å². The van der Waals surface area contributed by atoms with Gasteiger partial charge in [-0.25, -0.2) is 4.79 Å². The number of urea groups is 1. The predicted molar refractivity (Wildman–Crippen MR) is 124 cm³/mol. The highest BCUT2D eigenvalue weighted by Gasteiger charge is 2.32. The average molecular weight is 435 g/mol. The minimum absolute atomic E-state index is 0.0336. The van der Waals surface area contributed by atoms with Crippen LogP contribution in [0.15, 0.2) is 48.5 Å². The second-order valence-electron chi connectivity index (χ2n) is 8.17. The lowest BCUT2D eigenvalue weighted by atomic mass is 10.0. The lowest BCUT2D eigenvalue weighted by molar-refractivity contribution is 0.206. The molecule has 2 aromatic carbocycles. The number of carbonyl (C=O) groups is 1. The number of methoxy groups -OCH3 is 2. The molecule has 1 N–H and O–H groups in total. The van der Waals surface area contributed by atoms with Gasteiger partial charge < -0.3 is 19.7 Å². The number of nitrogens with zero attached hydrogens (tertiary/aromatic N) is 3. The molecule has 1 unspecified atom stereocenters. The number of anilines is 1. The molecule has 0 radical (unpaired) electrons. The summed E-state index contributed by atoms with van der Waals surface area (Å²) in [6.07, 6.45) is 1.85. The lowest BCUT2D eigenvalue weighted by Crippen LogP contribution is -2.34. The number of aryl methyl sites for hydroxylation is 2. The Hall–Kier alpha value is -3.48. The first kappa shape index (κ1) is 21.7. The third kappa shape index (κ3) is 4.56. The van der Waals surface area contributed by atoms with Crippen molar-refractivity contribution in [2.45, 2.75) is 39.3 Å². The number of carbonyl (C=O) groups excluding carboxylic acids is 1. The van der Waals surface area contributed by atoms with Gasteiger partial charge in [0.1, 0.15) is 11.5 Å². The van der Waals surface area contributed by atoms with Gasteiger partial charge in [0.15, 0.2) is 0 Å². The molecule has 1 atom stereocenters. The molecular weight excluding hydrogens is 404 g/mol. The Balaban J connectivity index is 1.49. The maximum absolute atomic E-state index is 13.2. The van der Waals surface area contributed by atoms with E-state index < -0.39 is 0 Å². The van der Waals surface area contributed by atoms with Crippen molar-refractivity contribution in [1.82, 2.24) is 14.7 Å². The first-order valence-electron chi connectivity index (χ1n) is 10.9. The zero-order valence-corrected chi connectivity index (χ0v) is 19.1. The summed E-state index contributed by atoms with van der Waals surface area (Å²) in [5.74, 6) is 1.47. The second-order valence-corrected chi connectivity index (χ2v) is 8.17. The molecule has 4 rings (SSSR count). The number of hydrogen-bond acceptors (Lipinski definition) is 4. The summed E-state index contributed by atoms with van der Waals surface area (Å²) >= 11 is 0. The maximum atomic E-state index is 13.2. The summed E-state index contributed by atoms with van der Waals surface area (Å²) in [4.78, 5) is 15.1. The summed E-state index contributed by atoms with van der Waals surface area (Å²) < 4.78 is 12.9. The molecule has 0 aliphatic carbocycles. The smallest absolute Gasteiger partial charge is 0.322 e. The van der Waals surface area contributed by atoms with Crippen LogP contribution in [0.1, 0.15) is 41.4 Å². The van der Waals surface area contributed by atoms with Gasteiger partial charge >= 0.3 is 6.03 Å². The molecule has 1 saturated heterocycles. The number of benzene rings is 2. The summed E-state index contributed by atoms with van der Waals surface area (Å²) in [5, 5.41) is 7.61. The highest BCUT2D eigenvalue weighted by Crippen LogP contribution is 2.39. The van der Waals surface area contributed by atoms with Crippen LogP contribution in [0.5, 0.6) is 11.5 Å². The molecule has 1 aromatic heterocycles. The van der Waals surface area contributed by atoms with Crippen LogP contribution in [0.25, 0.3) is 0 Å². The Morgan fingerprint density at radius 1 is 1.12 bits per heavy atom. The van der Waals surface area contributed by atoms with E-state index in [1.54, 1.807) is 14.2 Å². The van der Waals surface area contributed by atoms with Gasteiger partial charge in [-0.3, -0.25) is 4.68 Å². The van der Waals surface area contributed by atoms with E-state index in [0.29, 0.717) is 13.1 Å². The Kier molecular flexibility index (Phi) is 6.35. The lowest BCUT2D eigenvalue weighted by Gasteiger charge is -2.27. The van der Waals surface area contributed by atoms with Crippen molar-refractivity contribution in [2.75, 3.05) is 26.1 Å². The van der Waals surface area contributed by atoms with Gasteiger partial charge in [-0.05, 0) is 62.6 Å². The van der Waals surface area contributed by atoms with Crippen LogP contribution in [0.4, 0.5) is 10.5 Å². The largest absolute Gasteiger partial charge is 0.497 e. The van der Waals surface area contributed by atoms with Crippen molar-refractivity contribution >= 4 is 11.7 Å². The quantitative estimate of drug-likeness (QED) is 0.597. The number of likely N-dealkylation sites (tertiary alicyclic amines) is 1. The number of aromatic nitrogens is 2. The van der Waals surface area contributed by atoms with Crippen molar-refractivity contribution in [1.29, 1.82) is 0 Å². The monoisotopic (exact) mass is 434 g/mol. The average Bonchev–Trinajstić information content (AvgIpc) is 3.39. The van der Waals surface area contributed by atoms with Crippen molar-refractivity contribution in [3.63, 3.8) is 0 Å². The Labute approximate surface area is 188 Å². The summed E-state index contributed by atoms with van der Waals surface area (Å²) in [6.45, 7) is 5.41. The number of rotatable bonds is 6. The number of amides is 2. The van der Waals surface area contributed by atoms with Gasteiger partial charge in [-0.1, -0.05) is 12.1 Å². The molecule has 0 spiro atoms. The van der Waals surface area contributed by atoms with E-state index in [0.717, 1.165) is 52.5 Å². The van der Waals surface area contributed by atoms with Gasteiger partial charge in [-0.15, -0.1) is 0 Å².